The van der Waals surface area contributed by atoms with Crippen LogP contribution in [-0.4, -0.2) is 37.6 Å². The molecule has 5 heteroatoms. The molecule has 4 nitrogen and oxygen atoms in total. The highest BCUT2D eigenvalue weighted by Gasteiger charge is 2.15. The number of halogens is 1. The number of amides is 1. The molecule has 0 aromatic heterocycles. The molecule has 2 aromatic carbocycles. The number of ether oxygens (including phenoxy) is 1. The number of nitrogens with zero attached hydrogens (tertiary/aromatic N) is 1. The Balaban J connectivity index is 1.43. The van der Waals surface area contributed by atoms with E-state index in [-0.39, 0.29) is 5.91 Å². The SMILES string of the molecule is COc1ccc(C(=O)NCCCN2CCc3ccccc3C2)cc1Cl. The first-order valence-corrected chi connectivity index (χ1v) is 8.96. The van der Waals surface area contributed by atoms with Gasteiger partial charge in [-0.05, 0) is 42.2 Å². The van der Waals surface area contributed by atoms with Crippen molar-refractivity contribution in [3.8, 4) is 5.75 Å². The van der Waals surface area contributed by atoms with Gasteiger partial charge in [0.25, 0.3) is 5.91 Å². The van der Waals surface area contributed by atoms with Crippen molar-refractivity contribution in [1.82, 2.24) is 10.2 Å². The Morgan fingerprint density at radius 2 is 2.04 bits per heavy atom. The summed E-state index contributed by atoms with van der Waals surface area (Å²) in [7, 11) is 1.56. The fourth-order valence-corrected chi connectivity index (χ4v) is 3.42. The minimum absolute atomic E-state index is 0.103. The number of hydrogen-bond acceptors (Lipinski definition) is 3. The lowest BCUT2D eigenvalue weighted by Crippen LogP contribution is -2.33. The lowest BCUT2D eigenvalue weighted by molar-refractivity contribution is 0.0951. The van der Waals surface area contributed by atoms with Gasteiger partial charge in [0.1, 0.15) is 5.75 Å². The van der Waals surface area contributed by atoms with Gasteiger partial charge in [-0.2, -0.15) is 0 Å². The minimum atomic E-state index is -0.103. The number of hydrogen-bond donors (Lipinski definition) is 1. The van der Waals surface area contributed by atoms with Crippen LogP contribution in [0, 0.1) is 0 Å². The van der Waals surface area contributed by atoms with Crippen LogP contribution in [-0.2, 0) is 13.0 Å². The number of nitrogens with one attached hydrogen (secondary N) is 1. The first kappa shape index (κ1) is 17.8. The standard InChI is InChI=1S/C20H23ClN2O2/c1-25-19-8-7-16(13-18(19)21)20(24)22-10-4-11-23-12-9-15-5-2-3-6-17(15)14-23/h2-3,5-8,13H,4,9-12,14H2,1H3,(H,22,24). The van der Waals surface area contributed by atoms with Crippen LogP contribution in [0.5, 0.6) is 5.75 Å². The quantitative estimate of drug-likeness (QED) is 0.803. The number of fused-ring (bicyclic) bond motifs is 1. The van der Waals surface area contributed by atoms with Crippen LogP contribution in [0.3, 0.4) is 0 Å². The fraction of sp³-hybridized carbons (Fsp3) is 0.350. The topological polar surface area (TPSA) is 41.6 Å². The van der Waals surface area contributed by atoms with Gasteiger partial charge in [0.15, 0.2) is 0 Å². The van der Waals surface area contributed by atoms with E-state index in [0.29, 0.717) is 22.9 Å². The summed E-state index contributed by atoms with van der Waals surface area (Å²) in [5.74, 6) is 0.470. The van der Waals surface area contributed by atoms with Crippen LogP contribution >= 0.6 is 11.6 Å². The molecule has 132 valence electrons. The Labute approximate surface area is 153 Å². The molecule has 2 aromatic rings. The Morgan fingerprint density at radius 1 is 1.24 bits per heavy atom. The van der Waals surface area contributed by atoms with Gasteiger partial charge in [0, 0.05) is 31.7 Å². The van der Waals surface area contributed by atoms with Crippen LogP contribution in [0.2, 0.25) is 5.02 Å². The van der Waals surface area contributed by atoms with Crippen molar-refractivity contribution in [2.45, 2.75) is 19.4 Å². The van der Waals surface area contributed by atoms with Gasteiger partial charge in [0.05, 0.1) is 12.1 Å². The fourth-order valence-electron chi connectivity index (χ4n) is 3.16. The minimum Gasteiger partial charge on any atom is -0.495 e. The first-order valence-electron chi connectivity index (χ1n) is 8.58. The molecule has 0 saturated heterocycles. The molecule has 0 bridgehead atoms. The Morgan fingerprint density at radius 3 is 2.80 bits per heavy atom. The highest BCUT2D eigenvalue weighted by atomic mass is 35.5. The van der Waals surface area contributed by atoms with Crippen LogP contribution < -0.4 is 10.1 Å². The molecule has 0 atom stereocenters. The van der Waals surface area contributed by atoms with Crippen molar-refractivity contribution < 1.29 is 9.53 Å². The number of carbonyl (C=O) groups excluding carboxylic acids is 1. The molecule has 1 aliphatic rings. The molecule has 0 fully saturated rings. The van der Waals surface area contributed by atoms with Gasteiger partial charge in [-0.25, -0.2) is 0 Å². The number of benzene rings is 2. The third kappa shape index (κ3) is 4.53. The molecule has 0 saturated carbocycles. The van der Waals surface area contributed by atoms with Crippen LogP contribution in [0.1, 0.15) is 27.9 Å². The van der Waals surface area contributed by atoms with Gasteiger partial charge in [-0.1, -0.05) is 35.9 Å². The summed E-state index contributed by atoms with van der Waals surface area (Å²) in [5, 5.41) is 3.40. The van der Waals surface area contributed by atoms with Crippen molar-refractivity contribution in [1.29, 1.82) is 0 Å². The summed E-state index contributed by atoms with van der Waals surface area (Å²) < 4.78 is 5.10. The van der Waals surface area contributed by atoms with E-state index >= 15 is 0 Å². The van der Waals surface area contributed by atoms with Crippen molar-refractivity contribution in [2.24, 2.45) is 0 Å². The maximum Gasteiger partial charge on any atom is 0.251 e. The van der Waals surface area contributed by atoms with E-state index in [0.717, 1.165) is 32.5 Å². The predicted octanol–water partition coefficient (Wildman–Crippen LogP) is 3.53. The van der Waals surface area contributed by atoms with Crippen molar-refractivity contribution in [3.63, 3.8) is 0 Å². The van der Waals surface area contributed by atoms with E-state index in [9.17, 15) is 4.79 Å². The number of methoxy groups -OCH3 is 1. The maximum atomic E-state index is 12.2. The van der Waals surface area contributed by atoms with E-state index < -0.39 is 0 Å². The Bertz CT molecular complexity index is 748. The Hall–Kier alpha value is -2.04. The zero-order valence-electron chi connectivity index (χ0n) is 14.4. The second-order valence-corrected chi connectivity index (χ2v) is 6.66. The molecule has 1 N–H and O–H groups in total. The molecule has 1 heterocycles. The highest BCUT2D eigenvalue weighted by Crippen LogP contribution is 2.24. The smallest absolute Gasteiger partial charge is 0.251 e. The molecule has 25 heavy (non-hydrogen) atoms. The molecule has 3 rings (SSSR count). The largest absolute Gasteiger partial charge is 0.495 e. The summed E-state index contributed by atoms with van der Waals surface area (Å²) in [6.45, 7) is 3.72. The van der Waals surface area contributed by atoms with Crippen LogP contribution in [0.15, 0.2) is 42.5 Å². The monoisotopic (exact) mass is 358 g/mol. The van der Waals surface area contributed by atoms with Gasteiger partial charge in [-0.3, -0.25) is 9.69 Å². The van der Waals surface area contributed by atoms with E-state index in [1.54, 1.807) is 25.3 Å². The summed E-state index contributed by atoms with van der Waals surface area (Å²) in [6, 6.07) is 13.7. The second-order valence-electron chi connectivity index (χ2n) is 6.25. The third-order valence-electron chi connectivity index (χ3n) is 4.56. The van der Waals surface area contributed by atoms with Crippen LogP contribution in [0.4, 0.5) is 0 Å². The van der Waals surface area contributed by atoms with E-state index in [1.807, 2.05) is 0 Å². The zero-order chi connectivity index (χ0) is 17.6. The molecule has 0 unspecified atom stereocenters. The molecule has 0 radical (unpaired) electrons. The van der Waals surface area contributed by atoms with Gasteiger partial charge in [0.2, 0.25) is 0 Å². The summed E-state index contributed by atoms with van der Waals surface area (Å²) in [6.07, 6.45) is 2.03. The molecular weight excluding hydrogens is 336 g/mol. The third-order valence-corrected chi connectivity index (χ3v) is 4.86. The van der Waals surface area contributed by atoms with E-state index in [4.69, 9.17) is 16.3 Å². The molecule has 1 amide bonds. The molecule has 1 aliphatic heterocycles. The van der Waals surface area contributed by atoms with Gasteiger partial charge >= 0.3 is 0 Å². The lowest BCUT2D eigenvalue weighted by atomic mass is 10.00. The van der Waals surface area contributed by atoms with Gasteiger partial charge in [-0.15, -0.1) is 0 Å². The number of carbonyl (C=O) groups is 1. The first-order chi connectivity index (χ1) is 12.2. The summed E-state index contributed by atoms with van der Waals surface area (Å²) in [5.41, 5.74) is 3.44. The summed E-state index contributed by atoms with van der Waals surface area (Å²) >= 11 is 6.07. The normalized spacial score (nSPS) is 14.0. The van der Waals surface area contributed by atoms with Crippen molar-refractivity contribution in [3.05, 3.63) is 64.2 Å². The van der Waals surface area contributed by atoms with E-state index in [1.165, 1.54) is 11.1 Å². The molecule has 0 aliphatic carbocycles. The Kier molecular flexibility index (Phi) is 5.95. The second kappa shape index (κ2) is 8.37. The summed E-state index contributed by atoms with van der Waals surface area (Å²) in [4.78, 5) is 14.6. The number of rotatable bonds is 6. The van der Waals surface area contributed by atoms with Crippen molar-refractivity contribution in [2.75, 3.05) is 26.7 Å². The van der Waals surface area contributed by atoms with Crippen LogP contribution in [0.25, 0.3) is 0 Å². The average Bonchev–Trinajstić information content (AvgIpc) is 2.64. The highest BCUT2D eigenvalue weighted by molar-refractivity contribution is 6.32. The van der Waals surface area contributed by atoms with Gasteiger partial charge < -0.3 is 10.1 Å². The average molecular weight is 359 g/mol. The molecular formula is C20H23ClN2O2. The lowest BCUT2D eigenvalue weighted by Gasteiger charge is -2.28. The van der Waals surface area contributed by atoms with Crippen molar-refractivity contribution >= 4 is 17.5 Å². The predicted molar refractivity (Wildman–Crippen MR) is 100 cm³/mol. The van der Waals surface area contributed by atoms with E-state index in [2.05, 4.69) is 34.5 Å². The zero-order valence-corrected chi connectivity index (χ0v) is 15.2. The molecule has 0 spiro atoms. The maximum absolute atomic E-state index is 12.2.